The first-order valence-electron chi connectivity index (χ1n) is 9.10. The van der Waals surface area contributed by atoms with Gasteiger partial charge in [0.2, 0.25) is 0 Å². The summed E-state index contributed by atoms with van der Waals surface area (Å²) in [6.45, 7) is 0. The molecule has 0 amide bonds. The molecule has 0 nitrogen and oxygen atoms in total. The van der Waals surface area contributed by atoms with Crippen molar-refractivity contribution in [3.8, 4) is 0 Å². The molecule has 4 rings (SSSR count). The standard InChI is InChI=1S/C19H29P/c1-3-7-17(8-4-1)20(18-9-5-2-6-10-18)19-14-15-11-12-16(19)13-15/h11-12,14-18H,1-10,13H2. The summed E-state index contributed by atoms with van der Waals surface area (Å²) in [5.74, 6) is 1.70. The molecule has 4 aliphatic rings. The van der Waals surface area contributed by atoms with Gasteiger partial charge in [-0.1, -0.05) is 64.7 Å². The Morgan fingerprint density at radius 1 is 0.750 bits per heavy atom. The average Bonchev–Trinajstić information content (AvgIpc) is 3.13. The summed E-state index contributed by atoms with van der Waals surface area (Å²) in [5.41, 5.74) is 2.20. The molecule has 0 aliphatic heterocycles. The zero-order valence-corrected chi connectivity index (χ0v) is 13.7. The van der Waals surface area contributed by atoms with Gasteiger partial charge >= 0.3 is 0 Å². The Morgan fingerprint density at radius 2 is 1.35 bits per heavy atom. The quantitative estimate of drug-likeness (QED) is 0.427. The third-order valence-corrected chi connectivity index (χ3v) is 9.80. The minimum atomic E-state index is 0.197. The van der Waals surface area contributed by atoms with Crippen LogP contribution in [-0.4, -0.2) is 11.3 Å². The monoisotopic (exact) mass is 288 g/mol. The lowest BCUT2D eigenvalue weighted by atomic mass is 9.99. The molecule has 0 saturated heterocycles. The van der Waals surface area contributed by atoms with E-state index in [4.69, 9.17) is 0 Å². The first-order valence-corrected chi connectivity index (χ1v) is 10.6. The van der Waals surface area contributed by atoms with Gasteiger partial charge in [-0.2, -0.15) is 0 Å². The second kappa shape index (κ2) is 5.96. The molecule has 4 aliphatic carbocycles. The number of fused-ring (bicyclic) bond motifs is 2. The van der Waals surface area contributed by atoms with E-state index in [1.807, 2.05) is 5.31 Å². The van der Waals surface area contributed by atoms with Crippen molar-refractivity contribution < 1.29 is 0 Å². The SMILES string of the molecule is C1=CC2CC1C=C2P(C1CCCCC1)C1CCCCC1. The lowest BCUT2D eigenvalue weighted by molar-refractivity contribution is 0.485. The van der Waals surface area contributed by atoms with Gasteiger partial charge in [-0.25, -0.2) is 0 Å². The Labute approximate surface area is 125 Å². The lowest BCUT2D eigenvalue weighted by Gasteiger charge is -2.40. The van der Waals surface area contributed by atoms with E-state index in [2.05, 4.69) is 18.2 Å². The van der Waals surface area contributed by atoms with Crippen molar-refractivity contribution in [1.82, 2.24) is 0 Å². The lowest BCUT2D eigenvalue weighted by Crippen LogP contribution is -2.22. The third-order valence-electron chi connectivity index (χ3n) is 6.12. The number of hydrogen-bond acceptors (Lipinski definition) is 0. The molecule has 2 bridgehead atoms. The largest absolute Gasteiger partial charge is 0.0810 e. The number of hydrogen-bond donors (Lipinski definition) is 0. The van der Waals surface area contributed by atoms with Gasteiger partial charge in [0, 0.05) is 5.92 Å². The highest BCUT2D eigenvalue weighted by Crippen LogP contribution is 2.66. The fraction of sp³-hybridized carbons (Fsp3) is 0.789. The van der Waals surface area contributed by atoms with Crippen LogP contribution in [0.15, 0.2) is 23.5 Å². The van der Waals surface area contributed by atoms with E-state index in [0.717, 1.165) is 23.2 Å². The number of allylic oxidation sites excluding steroid dienone is 4. The molecule has 2 unspecified atom stereocenters. The highest BCUT2D eigenvalue weighted by molar-refractivity contribution is 7.63. The molecule has 1 heteroatoms. The Balaban J connectivity index is 1.57. The highest BCUT2D eigenvalue weighted by atomic mass is 31.1. The second-order valence-electron chi connectivity index (χ2n) is 7.47. The fourth-order valence-electron chi connectivity index (χ4n) is 5.13. The van der Waals surface area contributed by atoms with Crippen LogP contribution in [0.25, 0.3) is 0 Å². The summed E-state index contributed by atoms with van der Waals surface area (Å²) < 4.78 is 0. The molecule has 2 fully saturated rings. The molecule has 0 aromatic rings. The maximum absolute atomic E-state index is 2.72. The maximum Gasteiger partial charge on any atom is 0.00284 e. The summed E-state index contributed by atoms with van der Waals surface area (Å²) >= 11 is 0. The number of rotatable bonds is 3. The van der Waals surface area contributed by atoms with Crippen LogP contribution in [0.2, 0.25) is 0 Å². The van der Waals surface area contributed by atoms with Gasteiger partial charge in [0.05, 0.1) is 0 Å². The third kappa shape index (κ3) is 2.54. The fourth-order valence-corrected chi connectivity index (χ4v) is 9.35. The summed E-state index contributed by atoms with van der Waals surface area (Å²) in [6.07, 6.45) is 24.5. The molecule has 0 aromatic carbocycles. The van der Waals surface area contributed by atoms with Crippen LogP contribution < -0.4 is 0 Å². The van der Waals surface area contributed by atoms with E-state index in [9.17, 15) is 0 Å². The van der Waals surface area contributed by atoms with Gasteiger partial charge in [0.15, 0.2) is 0 Å². The van der Waals surface area contributed by atoms with E-state index in [0.29, 0.717) is 0 Å². The van der Waals surface area contributed by atoms with Gasteiger partial charge in [-0.15, -0.1) is 0 Å². The molecular formula is C19H29P. The van der Waals surface area contributed by atoms with E-state index in [1.54, 1.807) is 25.7 Å². The van der Waals surface area contributed by atoms with Gasteiger partial charge < -0.3 is 0 Å². The molecule has 2 saturated carbocycles. The Morgan fingerprint density at radius 3 is 1.80 bits per heavy atom. The summed E-state index contributed by atoms with van der Waals surface area (Å²) in [4.78, 5) is 0. The zero-order valence-electron chi connectivity index (χ0n) is 12.8. The van der Waals surface area contributed by atoms with Gasteiger partial charge in [0.25, 0.3) is 0 Å². The van der Waals surface area contributed by atoms with Crippen molar-refractivity contribution in [2.75, 3.05) is 0 Å². The minimum Gasteiger partial charge on any atom is -0.0810 e. The van der Waals surface area contributed by atoms with Crippen molar-refractivity contribution in [3.05, 3.63) is 23.5 Å². The second-order valence-corrected chi connectivity index (χ2v) is 10.3. The van der Waals surface area contributed by atoms with Crippen molar-refractivity contribution >= 4 is 7.92 Å². The Bertz CT molecular complexity index is 378. The predicted molar refractivity (Wildman–Crippen MR) is 89.5 cm³/mol. The zero-order chi connectivity index (χ0) is 13.4. The molecular weight excluding hydrogens is 259 g/mol. The van der Waals surface area contributed by atoms with E-state index in [1.165, 1.54) is 44.9 Å². The smallest absolute Gasteiger partial charge is 0.00284 e. The molecule has 2 atom stereocenters. The van der Waals surface area contributed by atoms with Crippen LogP contribution in [0.3, 0.4) is 0 Å². The van der Waals surface area contributed by atoms with Crippen molar-refractivity contribution in [3.63, 3.8) is 0 Å². The highest BCUT2D eigenvalue weighted by Gasteiger charge is 2.39. The molecule has 0 aromatic heterocycles. The molecule has 20 heavy (non-hydrogen) atoms. The first-order chi connectivity index (χ1) is 9.92. The van der Waals surface area contributed by atoms with Crippen molar-refractivity contribution in [2.24, 2.45) is 11.8 Å². The molecule has 0 radical (unpaired) electrons. The topological polar surface area (TPSA) is 0 Å². The summed E-state index contributed by atoms with van der Waals surface area (Å²) in [6, 6.07) is 0. The Hall–Kier alpha value is -0.0900. The van der Waals surface area contributed by atoms with E-state index >= 15 is 0 Å². The predicted octanol–water partition coefficient (Wildman–Crippen LogP) is 6.22. The normalized spacial score (nSPS) is 35.0. The first kappa shape index (κ1) is 13.6. The van der Waals surface area contributed by atoms with Crippen molar-refractivity contribution in [2.45, 2.75) is 81.9 Å². The summed E-state index contributed by atoms with van der Waals surface area (Å²) in [7, 11) is 0.197. The van der Waals surface area contributed by atoms with Crippen LogP contribution >= 0.6 is 7.92 Å². The van der Waals surface area contributed by atoms with Crippen LogP contribution in [0, 0.1) is 11.8 Å². The van der Waals surface area contributed by atoms with Crippen LogP contribution in [0.5, 0.6) is 0 Å². The van der Waals surface area contributed by atoms with E-state index < -0.39 is 0 Å². The maximum atomic E-state index is 2.72. The van der Waals surface area contributed by atoms with Crippen LogP contribution in [-0.2, 0) is 0 Å². The van der Waals surface area contributed by atoms with Crippen LogP contribution in [0.1, 0.15) is 70.6 Å². The Kier molecular flexibility index (Phi) is 4.04. The molecule has 0 N–H and O–H groups in total. The van der Waals surface area contributed by atoms with Gasteiger partial charge in [-0.05, 0) is 54.7 Å². The summed E-state index contributed by atoms with van der Waals surface area (Å²) in [5, 5.41) is 1.96. The molecule has 0 spiro atoms. The van der Waals surface area contributed by atoms with Gasteiger partial charge in [-0.3, -0.25) is 0 Å². The van der Waals surface area contributed by atoms with Crippen LogP contribution in [0.4, 0.5) is 0 Å². The molecule has 0 heterocycles. The minimum absolute atomic E-state index is 0.197. The van der Waals surface area contributed by atoms with E-state index in [-0.39, 0.29) is 7.92 Å². The molecule has 110 valence electrons. The van der Waals surface area contributed by atoms with Gasteiger partial charge in [0.1, 0.15) is 0 Å². The van der Waals surface area contributed by atoms with Crippen molar-refractivity contribution in [1.29, 1.82) is 0 Å². The average molecular weight is 288 g/mol.